The standard InChI is InChI=1S/C23H29FN4O4S/c1-3-27(4-2)22(29)17-26-13-15-28(16-14-26)23(30)18-9-11-19(12-10-18)33(31,32)25-21-8-6-5-7-20(21)24/h5-12,25H,3-4,13-17H2,1-2H3. The maximum Gasteiger partial charge on any atom is 0.261 e. The van der Waals surface area contributed by atoms with Crippen LogP contribution in [0.1, 0.15) is 24.2 Å². The van der Waals surface area contributed by atoms with E-state index in [0.717, 1.165) is 0 Å². The molecule has 0 saturated carbocycles. The van der Waals surface area contributed by atoms with E-state index in [0.29, 0.717) is 51.4 Å². The zero-order valence-electron chi connectivity index (χ0n) is 18.8. The lowest BCUT2D eigenvalue weighted by atomic mass is 10.2. The Morgan fingerprint density at radius 3 is 2.15 bits per heavy atom. The Hall–Kier alpha value is -2.98. The second-order valence-corrected chi connectivity index (χ2v) is 9.43. The fourth-order valence-electron chi connectivity index (χ4n) is 3.68. The van der Waals surface area contributed by atoms with Crippen molar-refractivity contribution in [1.29, 1.82) is 0 Å². The molecule has 2 aromatic carbocycles. The molecule has 1 heterocycles. The van der Waals surface area contributed by atoms with Gasteiger partial charge >= 0.3 is 0 Å². The minimum atomic E-state index is -3.99. The highest BCUT2D eigenvalue weighted by molar-refractivity contribution is 7.92. The van der Waals surface area contributed by atoms with Crippen LogP contribution in [0.4, 0.5) is 10.1 Å². The largest absolute Gasteiger partial charge is 0.342 e. The zero-order valence-corrected chi connectivity index (χ0v) is 19.6. The van der Waals surface area contributed by atoms with Crippen molar-refractivity contribution in [3.63, 3.8) is 0 Å². The Morgan fingerprint density at radius 1 is 0.970 bits per heavy atom. The first-order valence-electron chi connectivity index (χ1n) is 10.9. The van der Waals surface area contributed by atoms with Crippen molar-refractivity contribution in [1.82, 2.24) is 14.7 Å². The average Bonchev–Trinajstić information content (AvgIpc) is 2.81. The third kappa shape index (κ3) is 6.08. The van der Waals surface area contributed by atoms with E-state index < -0.39 is 15.8 Å². The van der Waals surface area contributed by atoms with Crippen molar-refractivity contribution in [2.24, 2.45) is 0 Å². The predicted octanol–water partition coefficient (Wildman–Crippen LogP) is 2.25. The Bertz CT molecular complexity index is 1080. The number of hydrogen-bond donors (Lipinski definition) is 1. The molecule has 10 heteroatoms. The number of anilines is 1. The number of hydrogen-bond acceptors (Lipinski definition) is 5. The normalized spacial score (nSPS) is 14.7. The highest BCUT2D eigenvalue weighted by Gasteiger charge is 2.25. The van der Waals surface area contributed by atoms with E-state index in [4.69, 9.17) is 0 Å². The van der Waals surface area contributed by atoms with Gasteiger partial charge in [0.2, 0.25) is 5.91 Å². The monoisotopic (exact) mass is 476 g/mol. The topological polar surface area (TPSA) is 90.0 Å². The summed E-state index contributed by atoms with van der Waals surface area (Å²) in [4.78, 5) is 30.6. The quantitative estimate of drug-likeness (QED) is 0.631. The van der Waals surface area contributed by atoms with Crippen molar-refractivity contribution in [2.45, 2.75) is 18.7 Å². The number of piperazine rings is 1. The smallest absolute Gasteiger partial charge is 0.261 e. The van der Waals surface area contributed by atoms with Crippen LogP contribution >= 0.6 is 0 Å². The Morgan fingerprint density at radius 2 is 1.58 bits per heavy atom. The molecule has 178 valence electrons. The lowest BCUT2D eigenvalue weighted by Crippen LogP contribution is -2.51. The number of para-hydroxylation sites is 1. The van der Waals surface area contributed by atoms with E-state index in [-0.39, 0.29) is 22.4 Å². The third-order valence-corrected chi connectivity index (χ3v) is 7.05. The molecule has 0 atom stereocenters. The second kappa shape index (κ2) is 10.8. The van der Waals surface area contributed by atoms with E-state index >= 15 is 0 Å². The summed E-state index contributed by atoms with van der Waals surface area (Å²) in [6.07, 6.45) is 0. The summed E-state index contributed by atoms with van der Waals surface area (Å²) < 4.78 is 41.1. The minimum absolute atomic E-state index is 0.0676. The molecular formula is C23H29FN4O4S. The minimum Gasteiger partial charge on any atom is -0.342 e. The summed E-state index contributed by atoms with van der Waals surface area (Å²) >= 11 is 0. The molecule has 0 aromatic heterocycles. The third-order valence-electron chi connectivity index (χ3n) is 5.66. The van der Waals surface area contributed by atoms with Crippen LogP contribution in [0, 0.1) is 5.82 Å². The fourth-order valence-corrected chi connectivity index (χ4v) is 4.75. The second-order valence-electron chi connectivity index (χ2n) is 7.74. The highest BCUT2D eigenvalue weighted by atomic mass is 32.2. The van der Waals surface area contributed by atoms with Crippen LogP contribution < -0.4 is 4.72 Å². The van der Waals surface area contributed by atoms with Gasteiger partial charge in [-0.2, -0.15) is 0 Å². The molecule has 2 amide bonds. The molecule has 1 aliphatic rings. The Labute approximate surface area is 194 Å². The predicted molar refractivity (Wildman–Crippen MR) is 124 cm³/mol. The van der Waals surface area contributed by atoms with Gasteiger partial charge in [-0.25, -0.2) is 12.8 Å². The van der Waals surface area contributed by atoms with E-state index in [1.807, 2.05) is 18.7 Å². The molecule has 3 rings (SSSR count). The molecule has 1 aliphatic heterocycles. The van der Waals surface area contributed by atoms with Gasteiger partial charge in [-0.15, -0.1) is 0 Å². The molecule has 1 N–H and O–H groups in total. The van der Waals surface area contributed by atoms with Crippen molar-refractivity contribution in [3.05, 3.63) is 59.9 Å². The van der Waals surface area contributed by atoms with Gasteiger partial charge in [-0.05, 0) is 50.2 Å². The van der Waals surface area contributed by atoms with E-state index in [2.05, 4.69) is 4.72 Å². The molecule has 8 nitrogen and oxygen atoms in total. The summed E-state index contributed by atoms with van der Waals surface area (Å²) in [6, 6.07) is 11.1. The molecule has 1 fully saturated rings. The van der Waals surface area contributed by atoms with Gasteiger partial charge in [-0.3, -0.25) is 19.2 Å². The van der Waals surface area contributed by atoms with Gasteiger partial charge in [-0.1, -0.05) is 12.1 Å². The number of likely N-dealkylation sites (N-methyl/N-ethyl adjacent to an activating group) is 1. The lowest BCUT2D eigenvalue weighted by molar-refractivity contribution is -0.132. The number of nitrogens with zero attached hydrogens (tertiary/aromatic N) is 3. The first kappa shape index (κ1) is 24.7. The zero-order chi connectivity index (χ0) is 24.0. The Balaban J connectivity index is 1.58. The van der Waals surface area contributed by atoms with E-state index in [1.165, 1.54) is 48.5 Å². The molecule has 1 saturated heterocycles. The Kier molecular flexibility index (Phi) is 8.04. The van der Waals surface area contributed by atoms with Crippen molar-refractivity contribution in [3.8, 4) is 0 Å². The molecule has 0 spiro atoms. The molecule has 2 aromatic rings. The SMILES string of the molecule is CCN(CC)C(=O)CN1CCN(C(=O)c2ccc(S(=O)(=O)Nc3ccccc3F)cc2)CC1. The van der Waals surface area contributed by atoms with Crippen LogP contribution in [-0.2, 0) is 14.8 Å². The molecule has 0 radical (unpaired) electrons. The molecular weight excluding hydrogens is 447 g/mol. The van der Waals surface area contributed by atoms with Crippen LogP contribution in [0.15, 0.2) is 53.4 Å². The van der Waals surface area contributed by atoms with Gasteiger partial charge in [0, 0.05) is 44.8 Å². The maximum atomic E-state index is 13.8. The number of sulfonamides is 1. The van der Waals surface area contributed by atoms with Gasteiger partial charge in [0.25, 0.3) is 15.9 Å². The summed E-state index contributed by atoms with van der Waals surface area (Å²) in [7, 11) is -3.99. The van der Waals surface area contributed by atoms with Gasteiger partial charge in [0.05, 0.1) is 17.1 Å². The number of halogens is 1. The number of amides is 2. The van der Waals surface area contributed by atoms with Crippen molar-refractivity contribution >= 4 is 27.5 Å². The van der Waals surface area contributed by atoms with Crippen LogP contribution in [-0.4, -0.2) is 80.7 Å². The van der Waals surface area contributed by atoms with E-state index in [9.17, 15) is 22.4 Å². The van der Waals surface area contributed by atoms with E-state index in [1.54, 1.807) is 9.80 Å². The van der Waals surface area contributed by atoms with Gasteiger partial charge in [0.15, 0.2) is 0 Å². The molecule has 33 heavy (non-hydrogen) atoms. The average molecular weight is 477 g/mol. The summed E-state index contributed by atoms with van der Waals surface area (Å²) in [5.74, 6) is -0.790. The van der Waals surface area contributed by atoms with Crippen LogP contribution in [0.2, 0.25) is 0 Å². The number of carbonyl (C=O) groups excluding carboxylic acids is 2. The molecule has 0 bridgehead atoms. The van der Waals surface area contributed by atoms with Crippen LogP contribution in [0.5, 0.6) is 0 Å². The van der Waals surface area contributed by atoms with Crippen LogP contribution in [0.3, 0.4) is 0 Å². The molecule has 0 unspecified atom stereocenters. The van der Waals surface area contributed by atoms with Crippen molar-refractivity contribution in [2.75, 3.05) is 50.5 Å². The number of benzene rings is 2. The van der Waals surface area contributed by atoms with Crippen LogP contribution in [0.25, 0.3) is 0 Å². The number of carbonyl (C=O) groups is 2. The summed E-state index contributed by atoms with van der Waals surface area (Å²) in [5.41, 5.74) is 0.225. The molecule has 0 aliphatic carbocycles. The fraction of sp³-hybridized carbons (Fsp3) is 0.391. The van der Waals surface area contributed by atoms with Gasteiger partial charge in [0.1, 0.15) is 5.82 Å². The van der Waals surface area contributed by atoms with Crippen molar-refractivity contribution < 1.29 is 22.4 Å². The van der Waals surface area contributed by atoms with Gasteiger partial charge < -0.3 is 9.80 Å². The number of nitrogens with one attached hydrogen (secondary N) is 1. The first-order chi connectivity index (χ1) is 15.7. The first-order valence-corrected chi connectivity index (χ1v) is 12.4. The lowest BCUT2D eigenvalue weighted by Gasteiger charge is -2.35. The summed E-state index contributed by atoms with van der Waals surface area (Å²) in [6.45, 7) is 7.75. The highest BCUT2D eigenvalue weighted by Crippen LogP contribution is 2.20. The summed E-state index contributed by atoms with van der Waals surface area (Å²) in [5, 5.41) is 0. The number of rotatable bonds is 8. The maximum absolute atomic E-state index is 13.8.